The molecule has 0 saturated carbocycles. The molecule has 1 aromatic carbocycles. The van der Waals surface area contributed by atoms with Crippen molar-refractivity contribution >= 4 is 29.3 Å². The van der Waals surface area contributed by atoms with Crippen molar-refractivity contribution < 1.29 is 19.1 Å². The highest BCUT2D eigenvalue weighted by atomic mass is 16.5. The van der Waals surface area contributed by atoms with Crippen LogP contribution in [-0.2, 0) is 9.53 Å². The first-order chi connectivity index (χ1) is 21.3. The molecule has 1 aliphatic rings. The highest BCUT2D eigenvalue weighted by Gasteiger charge is 2.23. The van der Waals surface area contributed by atoms with E-state index in [-0.39, 0.29) is 17.6 Å². The van der Waals surface area contributed by atoms with Gasteiger partial charge in [0.25, 0.3) is 5.91 Å². The number of nitrogens with two attached hydrogens (primary N) is 1. The molecule has 1 unspecified atom stereocenters. The molecule has 12 heteroatoms. The van der Waals surface area contributed by atoms with Crippen molar-refractivity contribution in [2.24, 2.45) is 15.9 Å². The number of nitriles is 1. The van der Waals surface area contributed by atoms with E-state index in [0.717, 1.165) is 19.3 Å². The van der Waals surface area contributed by atoms with Crippen LogP contribution in [0.15, 0.2) is 52.8 Å². The smallest absolute Gasteiger partial charge is 0.253 e. The average molecular weight is 617 g/mol. The molecule has 2 amide bonds. The Balaban J connectivity index is 0.000000838. The van der Waals surface area contributed by atoms with Gasteiger partial charge in [0.1, 0.15) is 34.7 Å². The molecule has 1 atom stereocenters. The lowest BCUT2D eigenvalue weighted by Gasteiger charge is -2.27. The second-order valence-corrected chi connectivity index (χ2v) is 12.0. The van der Waals surface area contributed by atoms with Crippen molar-refractivity contribution in [3.8, 4) is 11.8 Å². The van der Waals surface area contributed by atoms with Gasteiger partial charge in [-0.15, -0.1) is 0 Å². The lowest BCUT2D eigenvalue weighted by atomic mass is 10.0. The van der Waals surface area contributed by atoms with E-state index in [0.29, 0.717) is 58.0 Å². The van der Waals surface area contributed by atoms with Crippen LogP contribution in [0.4, 0.5) is 0 Å². The van der Waals surface area contributed by atoms with Crippen LogP contribution in [0.5, 0.6) is 5.75 Å². The van der Waals surface area contributed by atoms with E-state index in [1.54, 1.807) is 49.0 Å². The molecule has 45 heavy (non-hydrogen) atoms. The van der Waals surface area contributed by atoms with Gasteiger partial charge in [0.05, 0.1) is 23.6 Å². The average Bonchev–Trinajstić information content (AvgIpc) is 3.45. The Kier molecular flexibility index (Phi) is 11.8. The molecular formula is C33H44N8O4. The van der Waals surface area contributed by atoms with Crippen molar-refractivity contribution in [3.63, 3.8) is 0 Å². The number of benzene rings is 1. The normalized spacial score (nSPS) is 15.1. The molecular weight excluding hydrogens is 572 g/mol. The predicted octanol–water partition coefficient (Wildman–Crippen LogP) is 4.22. The van der Waals surface area contributed by atoms with E-state index in [1.165, 1.54) is 11.1 Å². The molecule has 1 aliphatic heterocycles. The van der Waals surface area contributed by atoms with Gasteiger partial charge in [0.15, 0.2) is 0 Å². The van der Waals surface area contributed by atoms with Crippen molar-refractivity contribution in [1.82, 2.24) is 19.4 Å². The first-order valence-corrected chi connectivity index (χ1v) is 14.8. The number of hydrogen-bond donors (Lipinski definition) is 1. The predicted molar refractivity (Wildman–Crippen MR) is 175 cm³/mol. The van der Waals surface area contributed by atoms with E-state index in [4.69, 9.17) is 20.3 Å². The summed E-state index contributed by atoms with van der Waals surface area (Å²) in [4.78, 5) is 31.9. The highest BCUT2D eigenvalue weighted by Crippen LogP contribution is 2.31. The number of carbonyl (C=O) groups excluding carboxylic acids is 2. The summed E-state index contributed by atoms with van der Waals surface area (Å²) in [7, 11) is 5.11. The zero-order chi connectivity index (χ0) is 33.3. The molecule has 2 aromatic heterocycles. The Labute approximate surface area is 265 Å². The maximum Gasteiger partial charge on any atom is 0.253 e. The van der Waals surface area contributed by atoms with Crippen molar-refractivity contribution in [2.45, 2.75) is 65.2 Å². The van der Waals surface area contributed by atoms with Crippen molar-refractivity contribution in [3.05, 3.63) is 65.0 Å². The van der Waals surface area contributed by atoms with Crippen LogP contribution < -0.4 is 10.6 Å². The first kappa shape index (κ1) is 34.7. The molecule has 2 N–H and O–H groups in total. The lowest BCUT2D eigenvalue weighted by molar-refractivity contribution is -0.119. The van der Waals surface area contributed by atoms with Crippen molar-refractivity contribution in [1.29, 1.82) is 5.26 Å². The number of nitrogens with zero attached hydrogens (tertiary/aromatic N) is 7. The van der Waals surface area contributed by atoms with E-state index in [2.05, 4.69) is 16.3 Å². The zero-order valence-corrected chi connectivity index (χ0v) is 27.4. The van der Waals surface area contributed by atoms with Gasteiger partial charge in [-0.1, -0.05) is 18.2 Å². The third-order valence-corrected chi connectivity index (χ3v) is 7.42. The van der Waals surface area contributed by atoms with Gasteiger partial charge in [-0.25, -0.2) is 4.52 Å². The second-order valence-electron chi connectivity index (χ2n) is 12.0. The van der Waals surface area contributed by atoms with Gasteiger partial charge in [-0.2, -0.15) is 15.5 Å². The van der Waals surface area contributed by atoms with Gasteiger partial charge in [0.2, 0.25) is 6.41 Å². The van der Waals surface area contributed by atoms with Crippen LogP contribution in [0.3, 0.4) is 0 Å². The molecule has 12 nitrogen and oxygen atoms in total. The van der Waals surface area contributed by atoms with E-state index < -0.39 is 6.10 Å². The monoisotopic (exact) mass is 616 g/mol. The standard InChI is InChI=1S/C28H32N8O3.C5H12O/c1-18(32-22-9-11-35(17-37)12-10-22)26(33-30)20-13-25(27-21(14-29)15-31-36(27)16-20)39-19(2)23-7-5-6-8-24(23)28(38)34(3)4;1-5(2,3)6-4/h5-8,13,15-17,19,22H,9-12,30H2,1-4H3;1-4H3/b32-18?,33-26+;. The van der Waals surface area contributed by atoms with Crippen LogP contribution in [0.1, 0.15) is 80.6 Å². The molecule has 3 heterocycles. The largest absolute Gasteiger partial charge is 0.484 e. The molecule has 0 bridgehead atoms. The summed E-state index contributed by atoms with van der Waals surface area (Å²) in [5.41, 5.74) is 3.86. The number of hydrazone groups is 1. The number of ether oxygens (including phenoxy) is 2. The molecule has 1 fully saturated rings. The molecule has 0 aliphatic carbocycles. The Morgan fingerprint density at radius 3 is 2.44 bits per heavy atom. The molecule has 0 spiro atoms. The molecule has 3 aromatic rings. The quantitative estimate of drug-likeness (QED) is 0.172. The molecule has 0 radical (unpaired) electrons. The molecule has 240 valence electrons. The van der Waals surface area contributed by atoms with Crippen molar-refractivity contribution in [2.75, 3.05) is 34.3 Å². The number of hydrogen-bond acceptors (Lipinski definition) is 9. The first-order valence-electron chi connectivity index (χ1n) is 14.8. The number of amides is 2. The maximum atomic E-state index is 12.8. The van der Waals surface area contributed by atoms with E-state index >= 15 is 0 Å². The summed E-state index contributed by atoms with van der Waals surface area (Å²) >= 11 is 0. The number of rotatable bonds is 8. The fourth-order valence-electron chi connectivity index (χ4n) is 4.76. The second kappa shape index (κ2) is 15.3. The summed E-state index contributed by atoms with van der Waals surface area (Å²) in [6.45, 7) is 11.1. The van der Waals surface area contributed by atoms with Crippen LogP contribution in [0.2, 0.25) is 0 Å². The third-order valence-electron chi connectivity index (χ3n) is 7.42. The summed E-state index contributed by atoms with van der Waals surface area (Å²) < 4.78 is 12.9. The summed E-state index contributed by atoms with van der Waals surface area (Å²) in [5, 5.41) is 18.1. The fraction of sp³-hybridized carbons (Fsp3) is 0.455. The number of aliphatic imine (C=N–C) groups is 1. The number of aromatic nitrogens is 2. The SMILES string of the molecule is CC(=NC1CCN(C=O)CC1)/C(=N\N)c1cc(OC(C)c2ccccc2C(=O)N(C)C)c2c(C#N)cnn2c1.COC(C)(C)C. The number of methoxy groups -OCH3 is 1. The zero-order valence-electron chi connectivity index (χ0n) is 27.4. The summed E-state index contributed by atoms with van der Waals surface area (Å²) in [5.74, 6) is 6.11. The van der Waals surface area contributed by atoms with E-state index in [1.807, 2.05) is 52.8 Å². The maximum absolute atomic E-state index is 12.8. The Morgan fingerprint density at radius 2 is 1.89 bits per heavy atom. The van der Waals surface area contributed by atoms with Crippen LogP contribution in [0.25, 0.3) is 5.52 Å². The lowest BCUT2D eigenvalue weighted by Crippen LogP contribution is -2.34. The molecule has 4 rings (SSSR count). The Bertz CT molecular complexity index is 1590. The third kappa shape index (κ3) is 8.89. The van der Waals surface area contributed by atoms with Gasteiger partial charge in [-0.3, -0.25) is 14.6 Å². The highest BCUT2D eigenvalue weighted by molar-refractivity contribution is 6.47. The summed E-state index contributed by atoms with van der Waals surface area (Å²) in [6.07, 6.45) is 5.06. The Morgan fingerprint density at radius 1 is 1.24 bits per heavy atom. The number of likely N-dealkylation sites (tertiary alicyclic amines) is 1. The minimum absolute atomic E-state index is 0.0417. The van der Waals surface area contributed by atoms with Gasteiger partial charge in [-0.05, 0) is 59.6 Å². The van der Waals surface area contributed by atoms with E-state index in [9.17, 15) is 14.9 Å². The molecule has 1 saturated heterocycles. The van der Waals surface area contributed by atoms with Gasteiger partial charge >= 0.3 is 0 Å². The minimum atomic E-state index is -0.526. The van der Waals surface area contributed by atoms with Gasteiger partial charge < -0.3 is 25.1 Å². The summed E-state index contributed by atoms with van der Waals surface area (Å²) in [6, 6.07) is 11.3. The van der Waals surface area contributed by atoms with Crippen LogP contribution >= 0.6 is 0 Å². The number of pyridine rings is 1. The number of carbonyl (C=O) groups is 2. The van der Waals surface area contributed by atoms with Crippen LogP contribution in [0, 0.1) is 11.3 Å². The number of piperidine rings is 1. The fourth-order valence-corrected chi connectivity index (χ4v) is 4.76. The van der Waals surface area contributed by atoms with Crippen LogP contribution in [-0.4, -0.2) is 89.1 Å². The minimum Gasteiger partial charge on any atom is -0.484 e. The topological polar surface area (TPSA) is 151 Å². The Hall–Kier alpha value is -4.76. The number of fused-ring (bicyclic) bond motifs is 1. The van der Waals surface area contributed by atoms with Gasteiger partial charge in [0, 0.05) is 57.2 Å².